The van der Waals surface area contributed by atoms with E-state index < -0.39 is 0 Å². The van der Waals surface area contributed by atoms with E-state index in [1.807, 2.05) is 0 Å². The molecule has 2 atom stereocenters. The van der Waals surface area contributed by atoms with Crippen molar-refractivity contribution in [3.05, 3.63) is 0 Å². The van der Waals surface area contributed by atoms with Gasteiger partial charge in [0.2, 0.25) is 0 Å². The molecule has 3 rings (SSSR count). The first-order valence-electron chi connectivity index (χ1n) is 7.28. The number of rotatable bonds is 1. The van der Waals surface area contributed by atoms with Gasteiger partial charge in [0.05, 0.1) is 6.10 Å². The summed E-state index contributed by atoms with van der Waals surface area (Å²) in [5, 5.41) is 9.59. The van der Waals surface area contributed by atoms with Crippen LogP contribution in [0.3, 0.4) is 0 Å². The van der Waals surface area contributed by atoms with Crippen LogP contribution in [0.2, 0.25) is 0 Å². The number of nitrogens with zero attached hydrogens (tertiary/aromatic N) is 1. The average molecular weight is 223 g/mol. The number of fused-ring (bicyclic) bond motifs is 1. The molecule has 1 N–H and O–H groups in total. The van der Waals surface area contributed by atoms with Gasteiger partial charge >= 0.3 is 0 Å². The van der Waals surface area contributed by atoms with Crippen molar-refractivity contribution in [3.63, 3.8) is 0 Å². The maximum atomic E-state index is 9.59. The summed E-state index contributed by atoms with van der Waals surface area (Å²) in [6.07, 6.45) is 11.9. The number of aliphatic hydroxyl groups excluding tert-OH is 1. The minimum atomic E-state index is 0.000385. The van der Waals surface area contributed by atoms with Crippen LogP contribution in [0.15, 0.2) is 0 Å². The second-order valence-electron chi connectivity index (χ2n) is 6.10. The predicted molar refractivity (Wildman–Crippen MR) is 65.3 cm³/mol. The van der Waals surface area contributed by atoms with Crippen molar-refractivity contribution < 1.29 is 5.11 Å². The molecule has 2 unspecified atom stereocenters. The van der Waals surface area contributed by atoms with E-state index in [2.05, 4.69) is 4.90 Å². The highest BCUT2D eigenvalue weighted by atomic mass is 16.3. The molecule has 16 heavy (non-hydrogen) atoms. The fraction of sp³-hybridized carbons (Fsp3) is 1.00. The highest BCUT2D eigenvalue weighted by molar-refractivity contribution is 4.93. The Bertz CT molecular complexity index is 235. The van der Waals surface area contributed by atoms with Crippen molar-refractivity contribution in [1.82, 2.24) is 4.90 Å². The SMILES string of the molecule is OC1CCC(N2CCCC3CCCC32)CC1. The molecule has 3 fully saturated rings. The Labute approximate surface area is 99.0 Å². The van der Waals surface area contributed by atoms with Gasteiger partial charge in [-0.05, 0) is 63.8 Å². The molecule has 2 heteroatoms. The Morgan fingerprint density at radius 2 is 1.56 bits per heavy atom. The maximum absolute atomic E-state index is 9.59. The summed E-state index contributed by atoms with van der Waals surface area (Å²) < 4.78 is 0. The van der Waals surface area contributed by atoms with Crippen LogP contribution in [0.5, 0.6) is 0 Å². The zero-order valence-electron chi connectivity index (χ0n) is 10.3. The lowest BCUT2D eigenvalue weighted by Gasteiger charge is -2.44. The Hall–Kier alpha value is -0.0800. The summed E-state index contributed by atoms with van der Waals surface area (Å²) in [6, 6.07) is 1.71. The van der Waals surface area contributed by atoms with Crippen molar-refractivity contribution in [2.75, 3.05) is 6.54 Å². The van der Waals surface area contributed by atoms with Crippen molar-refractivity contribution in [2.24, 2.45) is 5.92 Å². The van der Waals surface area contributed by atoms with E-state index in [1.54, 1.807) is 0 Å². The van der Waals surface area contributed by atoms with Gasteiger partial charge < -0.3 is 5.11 Å². The molecule has 0 aromatic carbocycles. The smallest absolute Gasteiger partial charge is 0.0541 e. The van der Waals surface area contributed by atoms with Crippen LogP contribution in [0, 0.1) is 5.92 Å². The van der Waals surface area contributed by atoms with E-state index in [-0.39, 0.29) is 6.10 Å². The fourth-order valence-electron chi connectivity index (χ4n) is 4.34. The number of likely N-dealkylation sites (tertiary alicyclic amines) is 1. The summed E-state index contributed by atoms with van der Waals surface area (Å²) in [4.78, 5) is 2.83. The normalized spacial score (nSPS) is 45.6. The number of aliphatic hydroxyl groups is 1. The second kappa shape index (κ2) is 4.66. The lowest BCUT2D eigenvalue weighted by atomic mass is 9.86. The minimum absolute atomic E-state index is 0.000385. The molecule has 0 aromatic rings. The van der Waals surface area contributed by atoms with Gasteiger partial charge in [-0.1, -0.05) is 6.42 Å². The van der Waals surface area contributed by atoms with Crippen LogP contribution in [0.4, 0.5) is 0 Å². The maximum Gasteiger partial charge on any atom is 0.0541 e. The number of piperidine rings is 1. The number of hydrogen-bond acceptors (Lipinski definition) is 2. The molecule has 1 saturated heterocycles. The molecular weight excluding hydrogens is 198 g/mol. The van der Waals surface area contributed by atoms with Crippen LogP contribution in [-0.4, -0.2) is 34.7 Å². The van der Waals surface area contributed by atoms with Crippen LogP contribution in [-0.2, 0) is 0 Å². The molecule has 0 spiro atoms. The molecular formula is C14H25NO. The highest BCUT2D eigenvalue weighted by Crippen LogP contribution is 2.39. The van der Waals surface area contributed by atoms with Crippen molar-refractivity contribution in [1.29, 1.82) is 0 Å². The third-order valence-corrected chi connectivity index (χ3v) is 5.17. The number of hydrogen-bond donors (Lipinski definition) is 1. The minimum Gasteiger partial charge on any atom is -0.393 e. The van der Waals surface area contributed by atoms with Gasteiger partial charge in [-0.15, -0.1) is 0 Å². The quantitative estimate of drug-likeness (QED) is 0.738. The molecule has 0 aromatic heterocycles. The van der Waals surface area contributed by atoms with Gasteiger partial charge in [0.1, 0.15) is 0 Å². The fourth-order valence-corrected chi connectivity index (χ4v) is 4.34. The predicted octanol–water partition coefficient (Wildman–Crippen LogP) is 2.55. The van der Waals surface area contributed by atoms with Gasteiger partial charge in [0.25, 0.3) is 0 Å². The molecule has 2 aliphatic carbocycles. The van der Waals surface area contributed by atoms with Crippen molar-refractivity contribution in [3.8, 4) is 0 Å². The van der Waals surface area contributed by atoms with Crippen molar-refractivity contribution >= 4 is 0 Å². The summed E-state index contributed by atoms with van der Waals surface area (Å²) in [5.41, 5.74) is 0. The van der Waals surface area contributed by atoms with Crippen LogP contribution >= 0.6 is 0 Å². The van der Waals surface area contributed by atoms with E-state index in [9.17, 15) is 5.11 Å². The van der Waals surface area contributed by atoms with Gasteiger partial charge in [0.15, 0.2) is 0 Å². The van der Waals surface area contributed by atoms with E-state index in [0.717, 1.165) is 30.8 Å². The third kappa shape index (κ3) is 2.02. The molecule has 2 nitrogen and oxygen atoms in total. The van der Waals surface area contributed by atoms with Crippen LogP contribution < -0.4 is 0 Å². The largest absolute Gasteiger partial charge is 0.393 e. The van der Waals surface area contributed by atoms with Gasteiger partial charge in [-0.3, -0.25) is 4.90 Å². The van der Waals surface area contributed by atoms with Crippen molar-refractivity contribution in [2.45, 2.75) is 76.0 Å². The Morgan fingerprint density at radius 3 is 2.38 bits per heavy atom. The standard InChI is InChI=1S/C14H25NO/c16-13-8-6-12(7-9-13)15-10-2-4-11-3-1-5-14(11)15/h11-14,16H,1-10H2. The molecule has 3 aliphatic rings. The van der Waals surface area contributed by atoms with Crippen LogP contribution in [0.25, 0.3) is 0 Å². The first-order valence-corrected chi connectivity index (χ1v) is 7.28. The van der Waals surface area contributed by atoms with Gasteiger partial charge in [-0.2, -0.15) is 0 Å². The second-order valence-corrected chi connectivity index (χ2v) is 6.10. The summed E-state index contributed by atoms with van der Waals surface area (Å²) in [6.45, 7) is 1.34. The molecule has 0 radical (unpaired) electrons. The van der Waals surface area contributed by atoms with Gasteiger partial charge in [0, 0.05) is 12.1 Å². The lowest BCUT2D eigenvalue weighted by molar-refractivity contribution is 0.0215. The zero-order valence-corrected chi connectivity index (χ0v) is 10.3. The summed E-state index contributed by atoms with van der Waals surface area (Å²) >= 11 is 0. The van der Waals surface area contributed by atoms with Gasteiger partial charge in [-0.25, -0.2) is 0 Å². The Balaban J connectivity index is 1.64. The summed E-state index contributed by atoms with van der Waals surface area (Å²) in [7, 11) is 0. The zero-order chi connectivity index (χ0) is 11.0. The molecule has 0 bridgehead atoms. The first-order chi connectivity index (χ1) is 7.84. The van der Waals surface area contributed by atoms with E-state index in [1.165, 1.54) is 51.5 Å². The Kier molecular flexibility index (Phi) is 3.21. The first kappa shape index (κ1) is 11.0. The third-order valence-electron chi connectivity index (χ3n) is 5.17. The molecule has 2 saturated carbocycles. The molecule has 0 amide bonds. The lowest BCUT2D eigenvalue weighted by Crippen LogP contribution is -2.49. The van der Waals surface area contributed by atoms with E-state index in [4.69, 9.17) is 0 Å². The Morgan fingerprint density at radius 1 is 0.812 bits per heavy atom. The highest BCUT2D eigenvalue weighted by Gasteiger charge is 2.38. The summed E-state index contributed by atoms with van der Waals surface area (Å²) in [5.74, 6) is 1.01. The monoisotopic (exact) mass is 223 g/mol. The molecule has 92 valence electrons. The average Bonchev–Trinajstić information content (AvgIpc) is 2.78. The van der Waals surface area contributed by atoms with E-state index >= 15 is 0 Å². The molecule has 1 aliphatic heterocycles. The van der Waals surface area contributed by atoms with E-state index in [0.29, 0.717) is 0 Å². The molecule has 1 heterocycles. The van der Waals surface area contributed by atoms with Crippen LogP contribution in [0.1, 0.15) is 57.8 Å². The topological polar surface area (TPSA) is 23.5 Å².